The first-order valence-corrected chi connectivity index (χ1v) is 4.90. The fraction of sp³-hybridized carbons (Fsp3) is 0.364. The second kappa shape index (κ2) is 3.70. The molecule has 0 saturated carbocycles. The van der Waals surface area contributed by atoms with Crippen LogP contribution in [0.5, 0.6) is 0 Å². The van der Waals surface area contributed by atoms with Gasteiger partial charge in [-0.2, -0.15) is 5.26 Å². The Morgan fingerprint density at radius 2 is 2.07 bits per heavy atom. The summed E-state index contributed by atoms with van der Waals surface area (Å²) in [5, 5.41) is 16.6. The first kappa shape index (κ1) is 9.66. The highest BCUT2D eigenvalue weighted by atomic mass is 15.4. The predicted octanol–water partition coefficient (Wildman–Crippen LogP) is 1.96. The molecule has 1 aromatic heterocycles. The maximum absolute atomic E-state index is 8.52. The van der Waals surface area contributed by atoms with Crippen molar-refractivity contribution in [2.24, 2.45) is 0 Å². The van der Waals surface area contributed by atoms with E-state index in [0.717, 1.165) is 11.0 Å². The Bertz CT molecular complexity index is 533. The smallest absolute Gasteiger partial charge is 0.113 e. The van der Waals surface area contributed by atoms with Crippen molar-refractivity contribution in [2.75, 3.05) is 0 Å². The third-order valence-electron chi connectivity index (χ3n) is 2.56. The minimum atomic E-state index is 0.464. The van der Waals surface area contributed by atoms with E-state index in [9.17, 15) is 0 Å². The van der Waals surface area contributed by atoms with Crippen molar-refractivity contribution in [3.8, 4) is 6.07 Å². The lowest BCUT2D eigenvalue weighted by Gasteiger charge is -2.01. The van der Waals surface area contributed by atoms with Crippen LogP contribution in [-0.4, -0.2) is 15.0 Å². The van der Waals surface area contributed by atoms with Crippen molar-refractivity contribution in [1.29, 1.82) is 5.26 Å². The molecule has 15 heavy (non-hydrogen) atoms. The summed E-state index contributed by atoms with van der Waals surface area (Å²) in [6, 6.07) is 6.21. The van der Waals surface area contributed by atoms with Gasteiger partial charge in [0.15, 0.2) is 0 Å². The van der Waals surface area contributed by atoms with Crippen molar-refractivity contribution < 1.29 is 0 Å². The summed E-state index contributed by atoms with van der Waals surface area (Å²) in [7, 11) is 0. The Labute approximate surface area is 88.1 Å². The first-order chi connectivity index (χ1) is 7.22. The standard InChI is InChI=1S/C11H12N4/c1-8-6-10-11(7-9(8)2)15(14-13-10)5-3-4-12/h6-7H,3,5H2,1-2H3. The van der Waals surface area contributed by atoms with Crippen LogP contribution in [0.1, 0.15) is 17.5 Å². The second-order valence-electron chi connectivity index (χ2n) is 3.65. The number of hydrogen-bond acceptors (Lipinski definition) is 3. The lowest BCUT2D eigenvalue weighted by Crippen LogP contribution is -1.99. The van der Waals surface area contributed by atoms with Crippen molar-refractivity contribution in [3.63, 3.8) is 0 Å². The Hall–Kier alpha value is -1.89. The van der Waals surface area contributed by atoms with Crippen LogP contribution in [0.4, 0.5) is 0 Å². The Balaban J connectivity index is 2.50. The fourth-order valence-electron chi connectivity index (χ4n) is 1.54. The van der Waals surface area contributed by atoms with Gasteiger partial charge in [-0.05, 0) is 37.1 Å². The summed E-state index contributed by atoms with van der Waals surface area (Å²) >= 11 is 0. The third kappa shape index (κ3) is 1.68. The van der Waals surface area contributed by atoms with E-state index in [1.54, 1.807) is 4.68 Å². The number of aromatic nitrogens is 3. The van der Waals surface area contributed by atoms with Gasteiger partial charge in [-0.25, -0.2) is 4.68 Å². The van der Waals surface area contributed by atoms with Crippen LogP contribution in [-0.2, 0) is 6.54 Å². The Kier molecular flexibility index (Phi) is 2.38. The number of rotatable bonds is 2. The van der Waals surface area contributed by atoms with Crippen molar-refractivity contribution in [1.82, 2.24) is 15.0 Å². The minimum absolute atomic E-state index is 0.464. The zero-order chi connectivity index (χ0) is 10.8. The average molecular weight is 200 g/mol. The van der Waals surface area contributed by atoms with E-state index in [4.69, 9.17) is 5.26 Å². The van der Waals surface area contributed by atoms with Crippen LogP contribution in [0.3, 0.4) is 0 Å². The topological polar surface area (TPSA) is 54.5 Å². The van der Waals surface area contributed by atoms with E-state index >= 15 is 0 Å². The lowest BCUT2D eigenvalue weighted by molar-refractivity contribution is 0.618. The molecule has 76 valence electrons. The zero-order valence-corrected chi connectivity index (χ0v) is 8.86. The summed E-state index contributed by atoms with van der Waals surface area (Å²) in [4.78, 5) is 0. The molecule has 0 spiro atoms. The molecule has 2 rings (SSSR count). The van der Waals surface area contributed by atoms with Gasteiger partial charge in [0.1, 0.15) is 5.52 Å². The molecule has 1 heterocycles. The SMILES string of the molecule is Cc1cc2nnn(CCC#N)c2cc1C. The number of benzene rings is 1. The normalized spacial score (nSPS) is 10.5. The van der Waals surface area contributed by atoms with Gasteiger partial charge in [-0.3, -0.25) is 0 Å². The van der Waals surface area contributed by atoms with Crippen LogP contribution in [0, 0.1) is 25.2 Å². The highest BCUT2D eigenvalue weighted by molar-refractivity contribution is 5.76. The minimum Gasteiger partial charge on any atom is -0.244 e. The molecule has 0 atom stereocenters. The molecule has 0 N–H and O–H groups in total. The van der Waals surface area contributed by atoms with Crippen molar-refractivity contribution in [2.45, 2.75) is 26.8 Å². The monoisotopic (exact) mass is 200 g/mol. The van der Waals surface area contributed by atoms with E-state index in [-0.39, 0.29) is 0 Å². The molecule has 0 radical (unpaired) electrons. The molecule has 2 aromatic rings. The Morgan fingerprint density at radius 1 is 1.33 bits per heavy atom. The summed E-state index contributed by atoms with van der Waals surface area (Å²) in [6.45, 7) is 4.73. The maximum atomic E-state index is 8.52. The van der Waals surface area contributed by atoms with Crippen molar-refractivity contribution in [3.05, 3.63) is 23.3 Å². The van der Waals surface area contributed by atoms with Gasteiger partial charge in [0.05, 0.1) is 24.6 Å². The maximum Gasteiger partial charge on any atom is 0.113 e. The van der Waals surface area contributed by atoms with Crippen LogP contribution >= 0.6 is 0 Å². The number of aryl methyl sites for hydroxylation is 3. The summed E-state index contributed by atoms with van der Waals surface area (Å²) < 4.78 is 1.78. The number of nitrogens with zero attached hydrogens (tertiary/aromatic N) is 4. The van der Waals surface area contributed by atoms with Crippen molar-refractivity contribution >= 4 is 11.0 Å². The van der Waals surface area contributed by atoms with Gasteiger partial charge < -0.3 is 0 Å². The third-order valence-corrected chi connectivity index (χ3v) is 2.56. The fourth-order valence-corrected chi connectivity index (χ4v) is 1.54. The summed E-state index contributed by atoms with van der Waals surface area (Å²) in [6.07, 6.45) is 0.464. The van der Waals surface area contributed by atoms with Gasteiger partial charge >= 0.3 is 0 Å². The van der Waals surface area contributed by atoms with Gasteiger partial charge in [-0.15, -0.1) is 5.10 Å². The highest BCUT2D eigenvalue weighted by Crippen LogP contribution is 2.17. The quantitative estimate of drug-likeness (QED) is 0.744. The molecule has 4 heteroatoms. The van der Waals surface area contributed by atoms with Crippen LogP contribution in [0.15, 0.2) is 12.1 Å². The number of hydrogen-bond donors (Lipinski definition) is 0. The number of fused-ring (bicyclic) bond motifs is 1. The molecular formula is C11H12N4. The first-order valence-electron chi connectivity index (χ1n) is 4.90. The average Bonchev–Trinajstić information content (AvgIpc) is 2.59. The van der Waals surface area contributed by atoms with Gasteiger partial charge in [-0.1, -0.05) is 5.21 Å². The summed E-state index contributed by atoms with van der Waals surface area (Å²) in [5.74, 6) is 0. The lowest BCUT2D eigenvalue weighted by atomic mass is 10.1. The molecule has 0 amide bonds. The van der Waals surface area contributed by atoms with E-state index in [2.05, 4.69) is 36.3 Å². The molecular weight excluding hydrogens is 188 g/mol. The van der Waals surface area contributed by atoms with E-state index < -0.39 is 0 Å². The molecule has 4 nitrogen and oxygen atoms in total. The Morgan fingerprint density at radius 3 is 2.80 bits per heavy atom. The van der Waals surface area contributed by atoms with Gasteiger partial charge in [0, 0.05) is 0 Å². The zero-order valence-electron chi connectivity index (χ0n) is 8.86. The van der Waals surface area contributed by atoms with Crippen LogP contribution in [0.25, 0.3) is 11.0 Å². The van der Waals surface area contributed by atoms with Crippen LogP contribution < -0.4 is 0 Å². The predicted molar refractivity (Wildman–Crippen MR) is 57.2 cm³/mol. The largest absolute Gasteiger partial charge is 0.244 e. The molecule has 0 aliphatic rings. The molecule has 0 fully saturated rings. The highest BCUT2D eigenvalue weighted by Gasteiger charge is 2.05. The second-order valence-corrected chi connectivity index (χ2v) is 3.65. The van der Waals surface area contributed by atoms with Gasteiger partial charge in [0.2, 0.25) is 0 Å². The molecule has 1 aromatic carbocycles. The molecule has 0 saturated heterocycles. The van der Waals surface area contributed by atoms with E-state index in [0.29, 0.717) is 13.0 Å². The molecule has 0 unspecified atom stereocenters. The van der Waals surface area contributed by atoms with Gasteiger partial charge in [0.25, 0.3) is 0 Å². The molecule has 0 aliphatic carbocycles. The molecule has 0 bridgehead atoms. The van der Waals surface area contributed by atoms with E-state index in [1.165, 1.54) is 11.1 Å². The van der Waals surface area contributed by atoms with Crippen LogP contribution in [0.2, 0.25) is 0 Å². The van der Waals surface area contributed by atoms with E-state index in [1.807, 2.05) is 6.07 Å². The number of nitriles is 1. The summed E-state index contributed by atoms with van der Waals surface area (Å²) in [5.41, 5.74) is 4.35. The molecule has 0 aliphatic heterocycles.